The second kappa shape index (κ2) is 6.22. The van der Waals surface area contributed by atoms with Gasteiger partial charge < -0.3 is 10.2 Å². The van der Waals surface area contributed by atoms with Gasteiger partial charge in [-0.25, -0.2) is 0 Å². The first-order chi connectivity index (χ1) is 6.15. The molecule has 4 heteroatoms. The van der Waals surface area contributed by atoms with E-state index < -0.39 is 0 Å². The van der Waals surface area contributed by atoms with Crippen LogP contribution in [0.15, 0.2) is 12.7 Å². The van der Waals surface area contributed by atoms with Crippen molar-refractivity contribution in [1.29, 1.82) is 0 Å². The summed E-state index contributed by atoms with van der Waals surface area (Å²) in [6.45, 7) is 8.47. The summed E-state index contributed by atoms with van der Waals surface area (Å²) < 4.78 is 0. The molecule has 0 aliphatic heterocycles. The number of likely N-dealkylation sites (N-methyl/N-ethyl adjacent to an activating group) is 1. The maximum atomic E-state index is 11.3. The molecular weight excluding hydrogens is 168 g/mol. The van der Waals surface area contributed by atoms with E-state index in [2.05, 4.69) is 11.9 Å². The van der Waals surface area contributed by atoms with Crippen LogP contribution in [0.1, 0.15) is 13.8 Å². The summed E-state index contributed by atoms with van der Waals surface area (Å²) in [6, 6.07) is 0. The normalized spacial score (nSPS) is 9.08. The van der Waals surface area contributed by atoms with Crippen molar-refractivity contribution in [2.75, 3.05) is 19.6 Å². The zero-order chi connectivity index (χ0) is 10.3. The van der Waals surface area contributed by atoms with E-state index in [0.29, 0.717) is 13.1 Å². The minimum absolute atomic E-state index is 0.0481. The molecule has 0 heterocycles. The Morgan fingerprint density at radius 1 is 1.38 bits per heavy atom. The van der Waals surface area contributed by atoms with E-state index in [0.717, 1.165) is 6.08 Å². The highest BCUT2D eigenvalue weighted by atomic mass is 16.2. The van der Waals surface area contributed by atoms with Gasteiger partial charge >= 0.3 is 0 Å². The summed E-state index contributed by atoms with van der Waals surface area (Å²) in [7, 11) is 0. The summed E-state index contributed by atoms with van der Waals surface area (Å²) in [5.74, 6) is -0.388. The maximum Gasteiger partial charge on any atom is 0.243 e. The van der Waals surface area contributed by atoms with Crippen LogP contribution in [0.4, 0.5) is 0 Å². The van der Waals surface area contributed by atoms with Crippen LogP contribution in [0, 0.1) is 0 Å². The van der Waals surface area contributed by atoms with Crippen LogP contribution in [-0.4, -0.2) is 36.3 Å². The molecule has 0 rings (SSSR count). The highest BCUT2D eigenvalue weighted by Gasteiger charge is 2.08. The van der Waals surface area contributed by atoms with Crippen molar-refractivity contribution in [3.05, 3.63) is 12.7 Å². The van der Waals surface area contributed by atoms with Crippen LogP contribution in [0.3, 0.4) is 0 Å². The number of amides is 2. The van der Waals surface area contributed by atoms with Gasteiger partial charge in [0.2, 0.25) is 11.8 Å². The lowest BCUT2D eigenvalue weighted by Gasteiger charge is -2.18. The third-order valence-electron chi connectivity index (χ3n) is 1.72. The van der Waals surface area contributed by atoms with Crippen molar-refractivity contribution in [3.63, 3.8) is 0 Å². The number of nitrogens with one attached hydrogen (secondary N) is 1. The van der Waals surface area contributed by atoms with E-state index in [1.165, 1.54) is 0 Å². The van der Waals surface area contributed by atoms with Gasteiger partial charge in [-0.3, -0.25) is 9.59 Å². The molecule has 2 amide bonds. The van der Waals surface area contributed by atoms with Gasteiger partial charge in [0, 0.05) is 13.1 Å². The highest BCUT2D eigenvalue weighted by Crippen LogP contribution is 1.86. The fourth-order valence-corrected chi connectivity index (χ4v) is 0.923. The molecule has 0 saturated carbocycles. The molecule has 0 aromatic heterocycles. The minimum Gasteiger partial charge on any atom is -0.343 e. The standard InChI is InChI=1S/C9H16N2O2/c1-4-8(12)10-7-9(13)11(5-2)6-3/h4H,1,5-7H2,2-3H3,(H,10,12). The number of hydrogen-bond donors (Lipinski definition) is 1. The predicted molar refractivity (Wildman–Crippen MR) is 51.1 cm³/mol. The first kappa shape index (κ1) is 11.7. The van der Waals surface area contributed by atoms with Crippen molar-refractivity contribution < 1.29 is 9.59 Å². The number of carbonyl (C=O) groups excluding carboxylic acids is 2. The molecule has 0 atom stereocenters. The molecule has 0 aromatic rings. The second-order valence-corrected chi connectivity index (χ2v) is 2.49. The lowest BCUT2D eigenvalue weighted by Crippen LogP contribution is -2.39. The van der Waals surface area contributed by atoms with E-state index >= 15 is 0 Å². The number of rotatable bonds is 5. The van der Waals surface area contributed by atoms with Gasteiger partial charge in [0.25, 0.3) is 0 Å². The Morgan fingerprint density at radius 3 is 2.31 bits per heavy atom. The Hall–Kier alpha value is -1.32. The highest BCUT2D eigenvalue weighted by molar-refractivity contribution is 5.90. The largest absolute Gasteiger partial charge is 0.343 e. The molecular formula is C9H16N2O2. The smallest absolute Gasteiger partial charge is 0.243 e. The zero-order valence-corrected chi connectivity index (χ0v) is 8.17. The molecule has 0 unspecified atom stereocenters. The number of hydrogen-bond acceptors (Lipinski definition) is 2. The molecule has 0 fully saturated rings. The second-order valence-electron chi connectivity index (χ2n) is 2.49. The Bertz CT molecular complexity index is 198. The van der Waals surface area contributed by atoms with Crippen molar-refractivity contribution >= 4 is 11.8 Å². The van der Waals surface area contributed by atoms with Crippen LogP contribution in [0.2, 0.25) is 0 Å². The first-order valence-corrected chi connectivity index (χ1v) is 4.33. The van der Waals surface area contributed by atoms with Crippen LogP contribution >= 0.6 is 0 Å². The fourth-order valence-electron chi connectivity index (χ4n) is 0.923. The molecule has 0 spiro atoms. The molecule has 0 radical (unpaired) electrons. The number of nitrogens with zero attached hydrogens (tertiary/aromatic N) is 1. The van der Waals surface area contributed by atoms with Gasteiger partial charge in [-0.05, 0) is 19.9 Å². The summed E-state index contributed by atoms with van der Waals surface area (Å²) in [4.78, 5) is 23.7. The van der Waals surface area contributed by atoms with E-state index in [1.807, 2.05) is 13.8 Å². The molecule has 74 valence electrons. The molecule has 13 heavy (non-hydrogen) atoms. The average Bonchev–Trinajstić information content (AvgIpc) is 2.16. The van der Waals surface area contributed by atoms with Crippen LogP contribution < -0.4 is 5.32 Å². The van der Waals surface area contributed by atoms with Crippen molar-refractivity contribution in [3.8, 4) is 0 Å². The summed E-state index contributed by atoms with van der Waals surface area (Å²) in [5.41, 5.74) is 0. The molecule has 0 aliphatic carbocycles. The van der Waals surface area contributed by atoms with Gasteiger partial charge in [-0.1, -0.05) is 6.58 Å². The third-order valence-corrected chi connectivity index (χ3v) is 1.72. The lowest BCUT2D eigenvalue weighted by atomic mass is 10.4. The third kappa shape index (κ3) is 4.30. The quantitative estimate of drug-likeness (QED) is 0.619. The van der Waals surface area contributed by atoms with Gasteiger partial charge in [-0.2, -0.15) is 0 Å². The van der Waals surface area contributed by atoms with Gasteiger partial charge in [0.1, 0.15) is 0 Å². The Kier molecular flexibility index (Phi) is 5.59. The molecule has 0 aliphatic rings. The predicted octanol–water partition coefficient (Wildman–Crippen LogP) is 0.157. The van der Waals surface area contributed by atoms with Crippen LogP contribution in [0.5, 0.6) is 0 Å². The summed E-state index contributed by atoms with van der Waals surface area (Å²) >= 11 is 0. The first-order valence-electron chi connectivity index (χ1n) is 4.33. The van der Waals surface area contributed by atoms with Gasteiger partial charge in [0.15, 0.2) is 0 Å². The Morgan fingerprint density at radius 2 is 1.92 bits per heavy atom. The molecule has 4 nitrogen and oxygen atoms in total. The van der Waals surface area contributed by atoms with Gasteiger partial charge in [-0.15, -0.1) is 0 Å². The Balaban J connectivity index is 3.85. The van der Waals surface area contributed by atoms with Crippen molar-refractivity contribution in [2.45, 2.75) is 13.8 Å². The molecule has 0 aromatic carbocycles. The van der Waals surface area contributed by atoms with Crippen molar-refractivity contribution in [2.24, 2.45) is 0 Å². The van der Waals surface area contributed by atoms with E-state index in [1.54, 1.807) is 4.90 Å². The SMILES string of the molecule is C=CC(=O)NCC(=O)N(CC)CC. The van der Waals surface area contributed by atoms with E-state index in [9.17, 15) is 9.59 Å². The summed E-state index contributed by atoms with van der Waals surface area (Å²) in [5, 5.41) is 2.43. The zero-order valence-electron chi connectivity index (χ0n) is 8.17. The Labute approximate surface area is 78.6 Å². The minimum atomic E-state index is -0.319. The van der Waals surface area contributed by atoms with E-state index in [4.69, 9.17) is 0 Å². The summed E-state index contributed by atoms with van der Waals surface area (Å²) in [6.07, 6.45) is 1.15. The fraction of sp³-hybridized carbons (Fsp3) is 0.556. The van der Waals surface area contributed by atoms with E-state index in [-0.39, 0.29) is 18.4 Å². The monoisotopic (exact) mass is 184 g/mol. The number of carbonyl (C=O) groups is 2. The lowest BCUT2D eigenvalue weighted by molar-refractivity contribution is -0.131. The molecule has 0 saturated heterocycles. The van der Waals surface area contributed by atoms with Crippen molar-refractivity contribution in [1.82, 2.24) is 10.2 Å². The molecule has 0 bridgehead atoms. The topological polar surface area (TPSA) is 49.4 Å². The van der Waals surface area contributed by atoms with Crippen LogP contribution in [-0.2, 0) is 9.59 Å². The average molecular weight is 184 g/mol. The van der Waals surface area contributed by atoms with Crippen LogP contribution in [0.25, 0.3) is 0 Å². The van der Waals surface area contributed by atoms with Gasteiger partial charge in [0.05, 0.1) is 6.54 Å². The molecule has 1 N–H and O–H groups in total. The maximum absolute atomic E-state index is 11.3.